The number of benzene rings is 1. The molecule has 0 radical (unpaired) electrons. The van der Waals surface area contributed by atoms with Gasteiger partial charge in [-0.15, -0.1) is 11.3 Å². The highest BCUT2D eigenvalue weighted by atomic mass is 32.1. The number of hydrogen-bond acceptors (Lipinski definition) is 4. The summed E-state index contributed by atoms with van der Waals surface area (Å²) in [6.45, 7) is 10.1. The van der Waals surface area contributed by atoms with Crippen LogP contribution in [-0.4, -0.2) is 15.3 Å². The first-order valence-corrected chi connectivity index (χ1v) is 9.71. The van der Waals surface area contributed by atoms with Crippen molar-refractivity contribution in [1.82, 2.24) is 9.55 Å². The van der Waals surface area contributed by atoms with E-state index in [1.807, 2.05) is 27.7 Å². The van der Waals surface area contributed by atoms with Crippen molar-refractivity contribution in [3.05, 3.63) is 50.9 Å². The molecular weight excluding hydrogens is 344 g/mol. The van der Waals surface area contributed by atoms with Crippen molar-refractivity contribution >= 4 is 27.3 Å². The van der Waals surface area contributed by atoms with Gasteiger partial charge in [-0.2, -0.15) is 0 Å². The van der Waals surface area contributed by atoms with Crippen LogP contribution < -0.4 is 5.56 Å². The molecule has 0 N–H and O–H groups in total. The number of aryl methyl sites for hydroxylation is 2. The molecule has 0 aliphatic carbocycles. The van der Waals surface area contributed by atoms with Gasteiger partial charge in [0.2, 0.25) is 0 Å². The van der Waals surface area contributed by atoms with E-state index in [1.165, 1.54) is 5.56 Å². The van der Waals surface area contributed by atoms with Gasteiger partial charge in [0.1, 0.15) is 16.4 Å². The van der Waals surface area contributed by atoms with Crippen LogP contribution in [0.5, 0.6) is 0 Å². The van der Waals surface area contributed by atoms with Crippen molar-refractivity contribution in [2.24, 2.45) is 0 Å². The molecule has 0 spiro atoms. The number of carbonyl (C=O) groups excluding carboxylic acids is 1. The van der Waals surface area contributed by atoms with Gasteiger partial charge in [0.05, 0.1) is 5.39 Å². The highest BCUT2D eigenvalue weighted by Crippen LogP contribution is 2.36. The number of aromatic nitrogens is 2. The molecule has 3 rings (SSSR count). The summed E-state index contributed by atoms with van der Waals surface area (Å²) in [4.78, 5) is 31.5. The van der Waals surface area contributed by atoms with Crippen LogP contribution >= 0.6 is 11.3 Å². The predicted octanol–water partition coefficient (Wildman–Crippen LogP) is 4.84. The van der Waals surface area contributed by atoms with E-state index < -0.39 is 0 Å². The van der Waals surface area contributed by atoms with Crippen molar-refractivity contribution < 1.29 is 4.79 Å². The summed E-state index contributed by atoms with van der Waals surface area (Å²) in [7, 11) is 0. The maximum Gasteiger partial charge on any atom is 0.262 e. The van der Waals surface area contributed by atoms with E-state index in [4.69, 9.17) is 4.98 Å². The first-order chi connectivity index (χ1) is 12.3. The van der Waals surface area contributed by atoms with Crippen LogP contribution in [0.4, 0.5) is 0 Å². The molecule has 0 atom stereocenters. The molecule has 0 bridgehead atoms. The second-order valence-corrected chi connectivity index (χ2v) is 8.32. The van der Waals surface area contributed by atoms with E-state index >= 15 is 0 Å². The quantitative estimate of drug-likeness (QED) is 0.647. The fourth-order valence-corrected chi connectivity index (χ4v) is 4.25. The molecule has 0 fully saturated rings. The Morgan fingerprint density at radius 2 is 1.85 bits per heavy atom. The summed E-state index contributed by atoms with van der Waals surface area (Å²) in [6, 6.07) is 8.23. The smallest absolute Gasteiger partial charge is 0.262 e. The Labute approximate surface area is 157 Å². The molecule has 0 amide bonds. The van der Waals surface area contributed by atoms with Gasteiger partial charge in [0.15, 0.2) is 0 Å². The SMILES string of the molecule is CC(=O)CCn1c(C(C)C)nc2sc(C)c(-c3ccc(C)cc3)c2c1=O. The molecule has 5 heteroatoms. The number of nitrogens with zero attached hydrogens (tertiary/aromatic N) is 2. The fraction of sp³-hybridized carbons (Fsp3) is 0.381. The Balaban J connectivity index is 2.30. The van der Waals surface area contributed by atoms with E-state index in [0.29, 0.717) is 18.4 Å². The number of rotatable bonds is 5. The van der Waals surface area contributed by atoms with Crippen molar-refractivity contribution in [2.75, 3.05) is 0 Å². The van der Waals surface area contributed by atoms with Gasteiger partial charge in [-0.1, -0.05) is 43.7 Å². The van der Waals surface area contributed by atoms with Gasteiger partial charge in [0, 0.05) is 29.3 Å². The number of fused-ring (bicyclic) bond motifs is 1. The van der Waals surface area contributed by atoms with Gasteiger partial charge in [-0.05, 0) is 26.3 Å². The van der Waals surface area contributed by atoms with Crippen LogP contribution in [0.3, 0.4) is 0 Å². The molecule has 2 aromatic heterocycles. The number of ketones is 1. The zero-order chi connectivity index (χ0) is 19.0. The Hall–Kier alpha value is -2.27. The second-order valence-electron chi connectivity index (χ2n) is 7.11. The minimum absolute atomic E-state index is 0.0418. The lowest BCUT2D eigenvalue weighted by molar-refractivity contribution is -0.117. The standard InChI is InChI=1S/C21H24N2O2S/c1-12(2)19-22-20-18(21(25)23(19)11-10-14(4)24)17(15(5)26-20)16-8-6-13(3)7-9-16/h6-9,12H,10-11H2,1-5H3. The van der Waals surface area contributed by atoms with Crippen LogP contribution in [-0.2, 0) is 11.3 Å². The fourth-order valence-electron chi connectivity index (χ4n) is 3.20. The van der Waals surface area contributed by atoms with Crippen LogP contribution in [0.25, 0.3) is 21.3 Å². The molecule has 0 aliphatic heterocycles. The zero-order valence-corrected chi connectivity index (χ0v) is 16.7. The molecule has 0 unspecified atom stereocenters. The molecule has 4 nitrogen and oxygen atoms in total. The lowest BCUT2D eigenvalue weighted by Crippen LogP contribution is -2.26. The van der Waals surface area contributed by atoms with Gasteiger partial charge in [0.25, 0.3) is 5.56 Å². The maximum absolute atomic E-state index is 13.4. The lowest BCUT2D eigenvalue weighted by atomic mass is 10.0. The largest absolute Gasteiger partial charge is 0.300 e. The summed E-state index contributed by atoms with van der Waals surface area (Å²) in [5, 5.41) is 0.671. The van der Waals surface area contributed by atoms with E-state index in [-0.39, 0.29) is 17.3 Å². The van der Waals surface area contributed by atoms with Crippen LogP contribution in [0.2, 0.25) is 0 Å². The summed E-state index contributed by atoms with van der Waals surface area (Å²) in [5.74, 6) is 0.941. The monoisotopic (exact) mass is 368 g/mol. The van der Waals surface area contributed by atoms with Crippen LogP contribution in [0.15, 0.2) is 29.1 Å². The van der Waals surface area contributed by atoms with E-state index in [9.17, 15) is 9.59 Å². The molecule has 0 saturated heterocycles. The normalized spacial score (nSPS) is 11.5. The van der Waals surface area contributed by atoms with E-state index in [1.54, 1.807) is 22.8 Å². The first-order valence-electron chi connectivity index (χ1n) is 8.90. The molecular formula is C21H24N2O2S. The van der Waals surface area contributed by atoms with Crippen molar-refractivity contribution in [2.45, 2.75) is 53.5 Å². The average Bonchev–Trinajstić information content (AvgIpc) is 2.90. The summed E-state index contributed by atoms with van der Waals surface area (Å²) < 4.78 is 1.69. The van der Waals surface area contributed by atoms with Crippen LogP contribution in [0, 0.1) is 13.8 Å². The molecule has 0 aliphatic rings. The third-order valence-corrected chi connectivity index (χ3v) is 5.56. The second kappa shape index (κ2) is 7.16. The number of carbonyl (C=O) groups is 1. The zero-order valence-electron chi connectivity index (χ0n) is 15.9. The summed E-state index contributed by atoms with van der Waals surface area (Å²) in [6.07, 6.45) is 0.343. The third kappa shape index (κ3) is 3.36. The summed E-state index contributed by atoms with van der Waals surface area (Å²) in [5.41, 5.74) is 3.15. The van der Waals surface area contributed by atoms with Gasteiger partial charge < -0.3 is 0 Å². The number of hydrogen-bond donors (Lipinski definition) is 0. The first kappa shape index (κ1) is 18.5. The minimum Gasteiger partial charge on any atom is -0.300 e. The van der Waals surface area contributed by atoms with Crippen molar-refractivity contribution in [1.29, 1.82) is 0 Å². The molecule has 136 valence electrons. The predicted molar refractivity (Wildman–Crippen MR) is 108 cm³/mol. The minimum atomic E-state index is -0.0418. The van der Waals surface area contributed by atoms with Gasteiger partial charge in [-0.25, -0.2) is 4.98 Å². The Bertz CT molecular complexity index is 1030. The van der Waals surface area contributed by atoms with E-state index in [2.05, 4.69) is 24.3 Å². The van der Waals surface area contributed by atoms with Crippen molar-refractivity contribution in [3.63, 3.8) is 0 Å². The average molecular weight is 369 g/mol. The molecule has 1 aromatic carbocycles. The summed E-state index contributed by atoms with van der Waals surface area (Å²) >= 11 is 1.57. The Morgan fingerprint density at radius 1 is 1.19 bits per heavy atom. The molecule has 26 heavy (non-hydrogen) atoms. The third-order valence-electron chi connectivity index (χ3n) is 4.56. The highest BCUT2D eigenvalue weighted by Gasteiger charge is 2.21. The topological polar surface area (TPSA) is 52.0 Å². The number of thiophene rings is 1. The number of Topliss-reactive ketones (excluding diaryl/α,β-unsaturated/α-hetero) is 1. The Morgan fingerprint density at radius 3 is 2.42 bits per heavy atom. The van der Waals surface area contributed by atoms with E-state index in [0.717, 1.165) is 26.7 Å². The van der Waals surface area contributed by atoms with Gasteiger partial charge >= 0.3 is 0 Å². The lowest BCUT2D eigenvalue weighted by Gasteiger charge is -2.14. The Kier molecular flexibility index (Phi) is 5.10. The molecule has 0 saturated carbocycles. The molecule has 3 aromatic rings. The highest BCUT2D eigenvalue weighted by molar-refractivity contribution is 7.19. The van der Waals surface area contributed by atoms with Crippen molar-refractivity contribution in [3.8, 4) is 11.1 Å². The van der Waals surface area contributed by atoms with Gasteiger partial charge in [-0.3, -0.25) is 14.2 Å². The van der Waals surface area contributed by atoms with Crippen LogP contribution in [0.1, 0.15) is 49.4 Å². The molecule has 2 heterocycles. The maximum atomic E-state index is 13.4.